The van der Waals surface area contributed by atoms with Crippen LogP contribution in [0.4, 0.5) is 0 Å². The molecule has 0 radical (unpaired) electrons. The summed E-state index contributed by atoms with van der Waals surface area (Å²) in [6.45, 7) is 3.07. The second kappa shape index (κ2) is 7.40. The Labute approximate surface area is 130 Å². The maximum Gasteiger partial charge on any atom is 0.282 e. The van der Waals surface area contributed by atoms with Gasteiger partial charge in [0, 0.05) is 25.7 Å². The van der Waals surface area contributed by atoms with E-state index in [1.165, 1.54) is 6.42 Å². The first-order valence-corrected chi connectivity index (χ1v) is 9.87. The second-order valence-electron chi connectivity index (χ2n) is 6.51. The summed E-state index contributed by atoms with van der Waals surface area (Å²) in [5.74, 6) is 0.319. The molecule has 124 valence electrons. The van der Waals surface area contributed by atoms with E-state index < -0.39 is 10.2 Å². The molecule has 0 aromatic rings. The normalized spacial score (nSPS) is 28.6. The molecule has 0 heterocycles. The average molecular weight is 317 g/mol. The predicted molar refractivity (Wildman–Crippen MR) is 86.1 cm³/mol. The van der Waals surface area contributed by atoms with Crippen LogP contribution in [0.5, 0.6) is 0 Å². The largest absolute Gasteiger partial charge is 0.330 e. The first-order chi connectivity index (χ1) is 10.0. The molecule has 2 saturated carbocycles. The first-order valence-electron chi connectivity index (χ1n) is 8.47. The first kappa shape index (κ1) is 17.2. The molecule has 2 N–H and O–H groups in total. The number of hydrogen-bond acceptors (Lipinski definition) is 3. The van der Waals surface area contributed by atoms with E-state index in [-0.39, 0.29) is 12.1 Å². The smallest absolute Gasteiger partial charge is 0.282 e. The molecule has 2 aliphatic rings. The minimum Gasteiger partial charge on any atom is -0.330 e. The van der Waals surface area contributed by atoms with Crippen LogP contribution in [0.2, 0.25) is 0 Å². The highest BCUT2D eigenvalue weighted by Crippen LogP contribution is 2.33. The van der Waals surface area contributed by atoms with Gasteiger partial charge in [0.25, 0.3) is 10.2 Å². The van der Waals surface area contributed by atoms with Crippen LogP contribution in [0.3, 0.4) is 0 Å². The van der Waals surface area contributed by atoms with E-state index in [1.54, 1.807) is 15.7 Å². The lowest BCUT2D eigenvalue weighted by atomic mass is 9.96. The van der Waals surface area contributed by atoms with Crippen molar-refractivity contribution < 1.29 is 8.42 Å². The Morgan fingerprint density at radius 1 is 1.05 bits per heavy atom. The van der Waals surface area contributed by atoms with Gasteiger partial charge in [0.1, 0.15) is 0 Å². The molecule has 21 heavy (non-hydrogen) atoms. The summed E-state index contributed by atoms with van der Waals surface area (Å²) in [6, 6.07) is 0.270. The number of nitrogens with two attached hydrogens (primary N) is 1. The SMILES string of the molecule is CCN(C1CCCC1CN)S(=O)(=O)N(C)C1CCCCC1. The molecular weight excluding hydrogens is 286 g/mol. The van der Waals surface area contributed by atoms with Gasteiger partial charge in [0.05, 0.1) is 0 Å². The summed E-state index contributed by atoms with van der Waals surface area (Å²) < 4.78 is 29.4. The average Bonchev–Trinajstić information content (AvgIpc) is 2.96. The fraction of sp³-hybridized carbons (Fsp3) is 1.00. The van der Waals surface area contributed by atoms with E-state index in [4.69, 9.17) is 5.73 Å². The van der Waals surface area contributed by atoms with Crippen molar-refractivity contribution in [1.29, 1.82) is 0 Å². The number of nitrogens with zero attached hydrogens (tertiary/aromatic N) is 2. The number of hydrogen-bond donors (Lipinski definition) is 1. The van der Waals surface area contributed by atoms with Crippen molar-refractivity contribution in [1.82, 2.24) is 8.61 Å². The van der Waals surface area contributed by atoms with Crippen molar-refractivity contribution >= 4 is 10.2 Å². The van der Waals surface area contributed by atoms with Crippen LogP contribution >= 0.6 is 0 Å². The second-order valence-corrected chi connectivity index (χ2v) is 8.45. The lowest BCUT2D eigenvalue weighted by Crippen LogP contribution is -2.52. The standard InChI is InChI=1S/C15H31N3O2S/c1-3-18(15-11-7-8-13(15)12-16)21(19,20)17(2)14-9-5-4-6-10-14/h13-15H,3-12,16H2,1-2H3. The van der Waals surface area contributed by atoms with E-state index in [0.29, 0.717) is 19.0 Å². The minimum absolute atomic E-state index is 0.0936. The van der Waals surface area contributed by atoms with Crippen molar-refractivity contribution in [3.8, 4) is 0 Å². The number of rotatable bonds is 6. The molecule has 0 amide bonds. The maximum absolute atomic E-state index is 13.0. The molecule has 2 rings (SSSR count). The summed E-state index contributed by atoms with van der Waals surface area (Å²) in [5, 5.41) is 0. The van der Waals surface area contributed by atoms with Gasteiger partial charge in [0.2, 0.25) is 0 Å². The predicted octanol–water partition coefficient (Wildman–Crippen LogP) is 1.95. The molecule has 5 nitrogen and oxygen atoms in total. The Hall–Kier alpha value is -0.170. The van der Waals surface area contributed by atoms with Crippen LogP contribution in [0.25, 0.3) is 0 Å². The molecule has 0 bridgehead atoms. The van der Waals surface area contributed by atoms with E-state index in [0.717, 1.165) is 44.9 Å². The highest BCUT2D eigenvalue weighted by Gasteiger charge is 2.40. The molecule has 2 fully saturated rings. The maximum atomic E-state index is 13.0. The highest BCUT2D eigenvalue weighted by atomic mass is 32.2. The summed E-state index contributed by atoms with van der Waals surface area (Å²) in [6.07, 6.45) is 8.62. The lowest BCUT2D eigenvalue weighted by molar-refractivity contribution is 0.227. The van der Waals surface area contributed by atoms with Crippen molar-refractivity contribution in [2.45, 2.75) is 70.4 Å². The fourth-order valence-corrected chi connectivity index (χ4v) is 5.90. The molecule has 2 aliphatic carbocycles. The van der Waals surface area contributed by atoms with Crippen molar-refractivity contribution in [2.24, 2.45) is 11.7 Å². The van der Waals surface area contributed by atoms with Crippen LogP contribution in [0, 0.1) is 5.92 Å². The van der Waals surface area contributed by atoms with Crippen LogP contribution in [-0.2, 0) is 10.2 Å². The van der Waals surface area contributed by atoms with Crippen LogP contribution in [-0.4, -0.2) is 49.2 Å². The molecule has 2 atom stereocenters. The van der Waals surface area contributed by atoms with Crippen LogP contribution in [0.15, 0.2) is 0 Å². The van der Waals surface area contributed by atoms with Gasteiger partial charge in [-0.05, 0) is 38.1 Å². The van der Waals surface area contributed by atoms with Gasteiger partial charge in [-0.3, -0.25) is 0 Å². The van der Waals surface area contributed by atoms with Crippen LogP contribution in [0.1, 0.15) is 58.3 Å². The van der Waals surface area contributed by atoms with Crippen molar-refractivity contribution in [2.75, 3.05) is 20.1 Å². The van der Waals surface area contributed by atoms with Gasteiger partial charge in [-0.25, -0.2) is 0 Å². The zero-order valence-corrected chi connectivity index (χ0v) is 14.3. The zero-order chi connectivity index (χ0) is 15.5. The van der Waals surface area contributed by atoms with E-state index in [2.05, 4.69) is 0 Å². The third kappa shape index (κ3) is 3.60. The van der Waals surface area contributed by atoms with E-state index in [1.807, 2.05) is 6.92 Å². The van der Waals surface area contributed by atoms with Gasteiger partial charge >= 0.3 is 0 Å². The third-order valence-electron chi connectivity index (χ3n) is 5.35. The third-order valence-corrected chi connectivity index (χ3v) is 7.50. The molecular formula is C15H31N3O2S. The van der Waals surface area contributed by atoms with E-state index in [9.17, 15) is 8.42 Å². The van der Waals surface area contributed by atoms with Crippen molar-refractivity contribution in [3.63, 3.8) is 0 Å². The van der Waals surface area contributed by atoms with Crippen LogP contribution < -0.4 is 5.73 Å². The Kier molecular flexibility index (Phi) is 6.05. The molecule has 2 unspecified atom stereocenters. The van der Waals surface area contributed by atoms with Gasteiger partial charge in [-0.2, -0.15) is 17.0 Å². The molecule has 0 saturated heterocycles. The quantitative estimate of drug-likeness (QED) is 0.814. The van der Waals surface area contributed by atoms with Gasteiger partial charge in [0.15, 0.2) is 0 Å². The minimum atomic E-state index is -3.37. The summed E-state index contributed by atoms with van der Waals surface area (Å²) >= 11 is 0. The molecule has 6 heteroatoms. The van der Waals surface area contributed by atoms with Gasteiger partial charge in [-0.15, -0.1) is 0 Å². The zero-order valence-electron chi connectivity index (χ0n) is 13.5. The summed E-state index contributed by atoms with van der Waals surface area (Å²) in [4.78, 5) is 0. The van der Waals surface area contributed by atoms with Gasteiger partial charge < -0.3 is 5.73 Å². The summed E-state index contributed by atoms with van der Waals surface area (Å²) in [5.41, 5.74) is 5.84. The van der Waals surface area contributed by atoms with Gasteiger partial charge in [-0.1, -0.05) is 32.6 Å². The lowest BCUT2D eigenvalue weighted by Gasteiger charge is -2.38. The molecule has 0 spiro atoms. The molecule has 0 aliphatic heterocycles. The van der Waals surface area contributed by atoms with Crippen molar-refractivity contribution in [3.05, 3.63) is 0 Å². The Balaban J connectivity index is 2.14. The van der Waals surface area contributed by atoms with E-state index >= 15 is 0 Å². The fourth-order valence-electron chi connectivity index (χ4n) is 4.04. The monoisotopic (exact) mass is 317 g/mol. The molecule has 0 aromatic heterocycles. The molecule has 0 aromatic carbocycles. The Morgan fingerprint density at radius 2 is 1.71 bits per heavy atom. The Morgan fingerprint density at radius 3 is 2.29 bits per heavy atom. The topological polar surface area (TPSA) is 66.6 Å². The highest BCUT2D eigenvalue weighted by molar-refractivity contribution is 7.86. The summed E-state index contributed by atoms with van der Waals surface area (Å²) in [7, 11) is -1.60. The Bertz CT molecular complexity index is 421.